The second kappa shape index (κ2) is 12.0. The van der Waals surface area contributed by atoms with E-state index < -0.39 is 5.25 Å². The number of fused-ring (bicyclic) bond motifs is 1. The largest absolute Gasteiger partial charge is 0.350 e. The van der Waals surface area contributed by atoms with E-state index in [2.05, 4.69) is 10.3 Å². The van der Waals surface area contributed by atoms with E-state index >= 15 is 0 Å². The third kappa shape index (κ3) is 5.69. The first-order chi connectivity index (χ1) is 20.5. The summed E-state index contributed by atoms with van der Waals surface area (Å²) in [6, 6.07) is 27.7. The van der Waals surface area contributed by atoms with Crippen LogP contribution in [0.15, 0.2) is 103 Å². The van der Waals surface area contributed by atoms with Crippen LogP contribution in [0.3, 0.4) is 0 Å². The summed E-state index contributed by atoms with van der Waals surface area (Å²) in [6.45, 7) is 2.09. The highest BCUT2D eigenvalue weighted by atomic mass is 32.2. The molecule has 0 aliphatic carbocycles. The average molecular weight is 578 g/mol. The van der Waals surface area contributed by atoms with Crippen LogP contribution in [-0.4, -0.2) is 38.9 Å². The lowest BCUT2D eigenvalue weighted by Crippen LogP contribution is -2.42. The van der Waals surface area contributed by atoms with Gasteiger partial charge in [-0.2, -0.15) is 5.10 Å². The van der Waals surface area contributed by atoms with Crippen molar-refractivity contribution in [2.45, 2.75) is 18.7 Å². The monoisotopic (exact) mass is 577 g/mol. The van der Waals surface area contributed by atoms with Gasteiger partial charge in [0.15, 0.2) is 0 Å². The average Bonchev–Trinajstić information content (AvgIpc) is 3.33. The van der Waals surface area contributed by atoms with Crippen molar-refractivity contribution in [2.24, 2.45) is 0 Å². The molecule has 2 amide bonds. The maximum absolute atomic E-state index is 14.5. The maximum atomic E-state index is 14.5. The quantitative estimate of drug-likeness (QED) is 0.262. The molecule has 1 atom stereocenters. The lowest BCUT2D eigenvalue weighted by atomic mass is 9.99. The number of amides is 2. The van der Waals surface area contributed by atoms with Gasteiger partial charge in [0.25, 0.3) is 0 Å². The first kappa shape index (κ1) is 27.4. The number of carbonyl (C=O) groups excluding carboxylic acids is 2. The van der Waals surface area contributed by atoms with Crippen LogP contribution in [-0.2, 0) is 16.1 Å². The molecule has 3 aromatic carbocycles. The van der Waals surface area contributed by atoms with Gasteiger partial charge in [0.1, 0.15) is 18.2 Å². The number of thioether (sulfide) groups is 1. The minimum atomic E-state index is -0.405. The highest BCUT2D eigenvalue weighted by molar-refractivity contribution is 8.00. The number of hydrogen-bond acceptors (Lipinski definition) is 5. The SMILES string of the molecule is Cc1ccc(-n2nc(-c3ccccc3)c3c2N(CC(=O)NCc2cccnc2)C(=O)CSC3c2cccc(F)c2)cc1. The summed E-state index contributed by atoms with van der Waals surface area (Å²) in [6.07, 6.45) is 3.36. The Morgan fingerprint density at radius 1 is 1.02 bits per heavy atom. The Balaban J connectivity index is 1.52. The molecular formula is C33H28FN5O2S. The molecule has 0 saturated carbocycles. The number of nitrogens with one attached hydrogen (secondary N) is 1. The van der Waals surface area contributed by atoms with Crippen LogP contribution in [0.5, 0.6) is 0 Å². The van der Waals surface area contributed by atoms with Crippen molar-refractivity contribution in [3.8, 4) is 16.9 Å². The van der Waals surface area contributed by atoms with Gasteiger partial charge in [-0.25, -0.2) is 9.07 Å². The molecule has 6 rings (SSSR count). The topological polar surface area (TPSA) is 80.1 Å². The van der Waals surface area contributed by atoms with Crippen molar-refractivity contribution in [3.63, 3.8) is 0 Å². The highest BCUT2D eigenvalue weighted by Gasteiger charge is 2.37. The molecule has 0 radical (unpaired) electrons. The number of halogens is 1. The summed E-state index contributed by atoms with van der Waals surface area (Å²) in [5, 5.41) is 7.57. The molecule has 210 valence electrons. The number of benzene rings is 3. The van der Waals surface area contributed by atoms with Crippen LogP contribution in [0.4, 0.5) is 10.2 Å². The summed E-state index contributed by atoms with van der Waals surface area (Å²) in [7, 11) is 0. The minimum absolute atomic E-state index is 0.105. The second-order valence-electron chi connectivity index (χ2n) is 10.1. The third-order valence-corrected chi connectivity index (χ3v) is 8.34. The summed E-state index contributed by atoms with van der Waals surface area (Å²) < 4.78 is 16.3. The van der Waals surface area contributed by atoms with Gasteiger partial charge < -0.3 is 5.32 Å². The van der Waals surface area contributed by atoms with Crippen LogP contribution in [0, 0.1) is 12.7 Å². The molecule has 5 aromatic rings. The van der Waals surface area contributed by atoms with E-state index in [9.17, 15) is 14.0 Å². The van der Waals surface area contributed by atoms with Gasteiger partial charge in [0.05, 0.1) is 22.4 Å². The zero-order valence-electron chi connectivity index (χ0n) is 22.9. The second-order valence-corrected chi connectivity index (χ2v) is 11.2. The predicted molar refractivity (Wildman–Crippen MR) is 163 cm³/mol. The molecule has 0 fully saturated rings. The minimum Gasteiger partial charge on any atom is -0.350 e. The van der Waals surface area contributed by atoms with Gasteiger partial charge in [0.2, 0.25) is 11.8 Å². The molecule has 0 spiro atoms. The lowest BCUT2D eigenvalue weighted by molar-refractivity contribution is -0.123. The lowest BCUT2D eigenvalue weighted by Gasteiger charge is -2.23. The number of pyridine rings is 1. The van der Waals surface area contributed by atoms with E-state index in [0.29, 0.717) is 11.5 Å². The van der Waals surface area contributed by atoms with Crippen LogP contribution < -0.4 is 10.2 Å². The number of nitrogens with zero attached hydrogens (tertiary/aromatic N) is 4. The predicted octanol–water partition coefficient (Wildman–Crippen LogP) is 5.87. The molecule has 7 nitrogen and oxygen atoms in total. The zero-order chi connectivity index (χ0) is 29.1. The fraction of sp³-hybridized carbons (Fsp3) is 0.152. The fourth-order valence-electron chi connectivity index (χ4n) is 5.03. The van der Waals surface area contributed by atoms with Gasteiger partial charge in [0, 0.05) is 30.1 Å². The van der Waals surface area contributed by atoms with Crippen molar-refractivity contribution in [2.75, 3.05) is 17.2 Å². The smallest absolute Gasteiger partial charge is 0.240 e. The summed E-state index contributed by atoms with van der Waals surface area (Å²) in [5.41, 5.74) is 5.68. The number of aryl methyl sites for hydroxylation is 1. The van der Waals surface area contributed by atoms with Gasteiger partial charge in [-0.05, 0) is 48.4 Å². The van der Waals surface area contributed by atoms with Crippen molar-refractivity contribution in [1.82, 2.24) is 20.1 Å². The summed E-state index contributed by atoms with van der Waals surface area (Å²) in [4.78, 5) is 32.7. The maximum Gasteiger partial charge on any atom is 0.240 e. The van der Waals surface area contributed by atoms with Gasteiger partial charge >= 0.3 is 0 Å². The van der Waals surface area contributed by atoms with Crippen LogP contribution in [0.1, 0.15) is 27.5 Å². The summed E-state index contributed by atoms with van der Waals surface area (Å²) in [5.74, 6) is -0.300. The van der Waals surface area contributed by atoms with Crippen molar-refractivity contribution < 1.29 is 14.0 Å². The van der Waals surface area contributed by atoms with E-state index in [-0.39, 0.29) is 36.5 Å². The Morgan fingerprint density at radius 3 is 2.57 bits per heavy atom. The number of carbonyl (C=O) groups is 2. The Bertz CT molecular complexity index is 1730. The molecule has 42 heavy (non-hydrogen) atoms. The molecular weight excluding hydrogens is 549 g/mol. The first-order valence-electron chi connectivity index (χ1n) is 13.6. The zero-order valence-corrected chi connectivity index (χ0v) is 23.7. The first-order valence-corrected chi connectivity index (χ1v) is 14.6. The van der Waals surface area contributed by atoms with E-state index in [1.54, 1.807) is 29.2 Å². The van der Waals surface area contributed by atoms with Crippen LogP contribution >= 0.6 is 11.8 Å². The third-order valence-electron chi connectivity index (χ3n) is 7.08. The number of rotatable bonds is 7. The Morgan fingerprint density at radius 2 is 1.83 bits per heavy atom. The van der Waals surface area contributed by atoms with Crippen LogP contribution in [0.25, 0.3) is 16.9 Å². The molecule has 3 heterocycles. The number of anilines is 1. The molecule has 1 aliphatic rings. The molecule has 2 aromatic heterocycles. The molecule has 1 aliphatic heterocycles. The highest BCUT2D eigenvalue weighted by Crippen LogP contribution is 2.48. The molecule has 0 saturated heterocycles. The number of hydrogen-bond donors (Lipinski definition) is 1. The Kier molecular flexibility index (Phi) is 7.83. The molecule has 1 N–H and O–H groups in total. The van der Waals surface area contributed by atoms with E-state index in [1.807, 2.05) is 73.7 Å². The molecule has 0 bridgehead atoms. The van der Waals surface area contributed by atoms with Gasteiger partial charge in [-0.1, -0.05) is 66.2 Å². The molecule has 1 unspecified atom stereocenters. The van der Waals surface area contributed by atoms with Crippen molar-refractivity contribution in [3.05, 3.63) is 131 Å². The Labute approximate surface area is 247 Å². The van der Waals surface area contributed by atoms with Crippen LogP contribution in [0.2, 0.25) is 0 Å². The summed E-state index contributed by atoms with van der Waals surface area (Å²) >= 11 is 1.41. The van der Waals surface area contributed by atoms with Gasteiger partial charge in [-0.3, -0.25) is 19.5 Å². The van der Waals surface area contributed by atoms with E-state index in [0.717, 1.165) is 33.5 Å². The van der Waals surface area contributed by atoms with Crippen molar-refractivity contribution >= 4 is 29.4 Å². The number of aromatic nitrogens is 3. The normalized spacial score (nSPS) is 14.8. The standard InChI is InChI=1S/C33H28FN5O2S/c1-22-12-14-27(15-13-22)39-33-30(31(37-39)24-8-3-2-4-9-24)32(25-10-5-11-26(34)17-25)42-21-29(41)38(33)20-28(40)36-19-23-7-6-16-35-18-23/h2-18,32H,19-21H2,1H3,(H,36,40). The molecule has 9 heteroatoms. The van der Waals surface area contributed by atoms with Gasteiger partial charge in [-0.15, -0.1) is 11.8 Å². The fourth-order valence-corrected chi connectivity index (χ4v) is 6.22. The van der Waals surface area contributed by atoms with E-state index in [1.165, 1.54) is 28.8 Å². The Hall–Kier alpha value is -4.76. The van der Waals surface area contributed by atoms with Crippen molar-refractivity contribution in [1.29, 1.82) is 0 Å². The van der Waals surface area contributed by atoms with E-state index in [4.69, 9.17) is 5.10 Å².